The first-order valence-electron chi connectivity index (χ1n) is 7.98. The Bertz CT molecular complexity index is 715. The van der Waals surface area contributed by atoms with Crippen molar-refractivity contribution in [1.29, 1.82) is 0 Å². The smallest absolute Gasteiger partial charge is 0.191 e. The Balaban J connectivity index is 0.00000225. The number of methoxy groups -OCH3 is 1. The average Bonchev–Trinajstić information content (AvgIpc) is 3.16. The largest absolute Gasteiger partial charge is 0.377 e. The number of ether oxygens (including phenoxy) is 1. The highest BCUT2D eigenvalue weighted by Crippen LogP contribution is 2.14. The maximum Gasteiger partial charge on any atom is 0.191 e. The molecule has 0 aromatic carbocycles. The Morgan fingerprint density at radius 2 is 2.36 bits per heavy atom. The molecule has 138 valence electrons. The van der Waals surface area contributed by atoms with Crippen molar-refractivity contribution in [3.05, 3.63) is 27.7 Å². The first-order valence-corrected chi connectivity index (χ1v) is 8.79. The molecule has 2 aromatic rings. The van der Waals surface area contributed by atoms with E-state index < -0.39 is 0 Å². The van der Waals surface area contributed by atoms with Crippen LogP contribution in [0.5, 0.6) is 0 Å². The third-order valence-electron chi connectivity index (χ3n) is 3.82. The molecule has 3 heterocycles. The van der Waals surface area contributed by atoms with Gasteiger partial charge in [0.2, 0.25) is 0 Å². The Morgan fingerprint density at radius 1 is 1.52 bits per heavy atom. The fraction of sp³-hybridized carbons (Fsp3) is 0.600. The van der Waals surface area contributed by atoms with Crippen molar-refractivity contribution >= 4 is 41.3 Å². The zero-order chi connectivity index (χ0) is 16.9. The van der Waals surface area contributed by atoms with Crippen molar-refractivity contribution in [2.75, 3.05) is 14.2 Å². The molecule has 0 amide bonds. The maximum atomic E-state index is 5.10. The zero-order valence-corrected chi connectivity index (χ0v) is 17.8. The van der Waals surface area contributed by atoms with E-state index in [1.807, 2.05) is 10.9 Å². The lowest BCUT2D eigenvalue weighted by Gasteiger charge is -2.25. The molecule has 0 bridgehead atoms. The van der Waals surface area contributed by atoms with Gasteiger partial charge in [-0.2, -0.15) is 5.10 Å². The van der Waals surface area contributed by atoms with E-state index in [0.29, 0.717) is 13.2 Å². The van der Waals surface area contributed by atoms with Gasteiger partial charge in [0, 0.05) is 37.7 Å². The number of rotatable bonds is 5. The average molecular weight is 477 g/mol. The maximum absolute atomic E-state index is 5.10. The van der Waals surface area contributed by atoms with E-state index in [2.05, 4.69) is 37.6 Å². The summed E-state index contributed by atoms with van der Waals surface area (Å²) in [6.07, 6.45) is 3.79. The monoisotopic (exact) mass is 477 g/mol. The van der Waals surface area contributed by atoms with Gasteiger partial charge >= 0.3 is 0 Å². The highest BCUT2D eigenvalue weighted by atomic mass is 127. The number of fused-ring (bicyclic) bond motifs is 1. The number of hydrogen-bond donors (Lipinski definition) is 2. The summed E-state index contributed by atoms with van der Waals surface area (Å²) in [5, 5.41) is 12.3. The molecule has 25 heavy (non-hydrogen) atoms. The van der Waals surface area contributed by atoms with E-state index in [1.165, 1.54) is 4.88 Å². The van der Waals surface area contributed by atoms with Crippen LogP contribution < -0.4 is 10.6 Å². The number of aliphatic imine (C=N–C) groups is 1. The first kappa shape index (κ1) is 20.0. The van der Waals surface area contributed by atoms with Gasteiger partial charge in [0.05, 0.1) is 13.1 Å². The minimum atomic E-state index is 0. The number of nitrogens with one attached hydrogen (secondary N) is 2. The normalized spacial score (nSPS) is 16.9. The molecule has 1 atom stereocenters. The van der Waals surface area contributed by atoms with Gasteiger partial charge in [0.25, 0.3) is 0 Å². The minimum absolute atomic E-state index is 0. The number of thiazole rings is 1. The second kappa shape index (κ2) is 9.43. The Hall–Kier alpha value is -1.27. The molecule has 8 nitrogen and oxygen atoms in total. The van der Waals surface area contributed by atoms with E-state index in [4.69, 9.17) is 4.74 Å². The number of guanidine groups is 1. The summed E-state index contributed by atoms with van der Waals surface area (Å²) in [4.78, 5) is 14.4. The van der Waals surface area contributed by atoms with E-state index in [9.17, 15) is 0 Å². The Morgan fingerprint density at radius 3 is 3.04 bits per heavy atom. The fourth-order valence-electron chi connectivity index (χ4n) is 2.70. The van der Waals surface area contributed by atoms with Crippen LogP contribution in [0.2, 0.25) is 0 Å². The molecule has 0 spiro atoms. The van der Waals surface area contributed by atoms with Crippen LogP contribution >= 0.6 is 35.3 Å². The zero-order valence-electron chi connectivity index (χ0n) is 14.7. The summed E-state index contributed by atoms with van der Waals surface area (Å²) in [5.74, 6) is 2.56. The third-order valence-corrected chi connectivity index (χ3v) is 4.73. The SMILES string of the molecule is CN=C(NCc1ncc(C)s1)NC1CCc2nc(COC)nn2C1.I. The number of hydrogen-bond acceptors (Lipinski definition) is 6. The molecule has 0 aliphatic carbocycles. The highest BCUT2D eigenvalue weighted by molar-refractivity contribution is 14.0. The van der Waals surface area contributed by atoms with Gasteiger partial charge < -0.3 is 15.4 Å². The first-order chi connectivity index (χ1) is 11.7. The van der Waals surface area contributed by atoms with Gasteiger partial charge in [-0.3, -0.25) is 4.99 Å². The van der Waals surface area contributed by atoms with Crippen LogP contribution in [0.1, 0.15) is 28.0 Å². The Labute approximate surface area is 168 Å². The summed E-state index contributed by atoms with van der Waals surface area (Å²) in [6.45, 7) is 3.97. The van der Waals surface area contributed by atoms with Gasteiger partial charge in [-0.1, -0.05) is 0 Å². The van der Waals surface area contributed by atoms with Crippen molar-refractivity contribution in [1.82, 2.24) is 30.4 Å². The molecule has 1 aliphatic heterocycles. The summed E-state index contributed by atoms with van der Waals surface area (Å²) >= 11 is 1.69. The van der Waals surface area contributed by atoms with E-state index >= 15 is 0 Å². The molecule has 3 rings (SSSR count). The third kappa shape index (κ3) is 5.35. The van der Waals surface area contributed by atoms with Crippen molar-refractivity contribution in [3.63, 3.8) is 0 Å². The summed E-state index contributed by atoms with van der Waals surface area (Å²) in [5.41, 5.74) is 0. The molecule has 2 aromatic heterocycles. The quantitative estimate of drug-likeness (QED) is 0.386. The van der Waals surface area contributed by atoms with Gasteiger partial charge in [-0.05, 0) is 13.3 Å². The van der Waals surface area contributed by atoms with Crippen LogP contribution in [0, 0.1) is 6.92 Å². The van der Waals surface area contributed by atoms with Crippen molar-refractivity contribution in [2.24, 2.45) is 4.99 Å². The van der Waals surface area contributed by atoms with Gasteiger partial charge in [0.15, 0.2) is 11.8 Å². The number of aryl methyl sites for hydroxylation is 2. The molecule has 0 fully saturated rings. The van der Waals surface area contributed by atoms with Gasteiger partial charge in [0.1, 0.15) is 17.4 Å². The standard InChI is InChI=1S/C15H23N7OS.HI/c1-10-6-17-14(24-10)7-18-15(16-2)19-11-4-5-13-20-12(9-23-3)21-22(13)8-11;/h6,11H,4-5,7-9H2,1-3H3,(H2,16,18,19);1H. The number of halogens is 1. The van der Waals surface area contributed by atoms with Crippen molar-refractivity contribution in [2.45, 2.75) is 45.5 Å². The predicted octanol–water partition coefficient (Wildman–Crippen LogP) is 1.49. The summed E-state index contributed by atoms with van der Waals surface area (Å²) in [7, 11) is 3.44. The highest BCUT2D eigenvalue weighted by Gasteiger charge is 2.22. The molecular weight excluding hydrogens is 453 g/mol. The van der Waals surface area contributed by atoms with Crippen molar-refractivity contribution in [3.8, 4) is 0 Å². The van der Waals surface area contributed by atoms with E-state index in [1.54, 1.807) is 25.5 Å². The molecule has 1 aliphatic rings. The summed E-state index contributed by atoms with van der Waals surface area (Å²) in [6, 6.07) is 0.277. The number of aromatic nitrogens is 4. The molecule has 0 saturated heterocycles. The van der Waals surface area contributed by atoms with Crippen LogP contribution in [0.3, 0.4) is 0 Å². The molecule has 2 N–H and O–H groups in total. The van der Waals surface area contributed by atoms with Gasteiger partial charge in [-0.25, -0.2) is 14.6 Å². The molecular formula is C15H24IN7OS. The van der Waals surface area contributed by atoms with Crippen molar-refractivity contribution < 1.29 is 4.74 Å². The van der Waals surface area contributed by atoms with Crippen LogP contribution in [-0.2, 0) is 30.9 Å². The van der Waals surface area contributed by atoms with Crippen LogP contribution in [0.25, 0.3) is 0 Å². The minimum Gasteiger partial charge on any atom is -0.377 e. The molecule has 0 radical (unpaired) electrons. The van der Waals surface area contributed by atoms with E-state index in [-0.39, 0.29) is 30.0 Å². The molecule has 10 heteroatoms. The van der Waals surface area contributed by atoms with E-state index in [0.717, 1.165) is 42.0 Å². The molecule has 0 saturated carbocycles. The lowest BCUT2D eigenvalue weighted by atomic mass is 10.1. The second-order valence-electron chi connectivity index (χ2n) is 5.73. The van der Waals surface area contributed by atoms with Gasteiger partial charge in [-0.15, -0.1) is 35.3 Å². The lowest BCUT2D eigenvalue weighted by Crippen LogP contribution is -2.46. The van der Waals surface area contributed by atoms with Crippen LogP contribution in [-0.4, -0.2) is 45.9 Å². The molecule has 1 unspecified atom stereocenters. The predicted molar refractivity (Wildman–Crippen MR) is 108 cm³/mol. The Kier molecular flexibility index (Phi) is 7.56. The van der Waals surface area contributed by atoms with Crippen LogP contribution in [0.15, 0.2) is 11.2 Å². The second-order valence-corrected chi connectivity index (χ2v) is 7.05. The fourth-order valence-corrected chi connectivity index (χ4v) is 3.43. The topological polar surface area (TPSA) is 89.2 Å². The number of nitrogens with zero attached hydrogens (tertiary/aromatic N) is 5. The van der Waals surface area contributed by atoms with Crippen LogP contribution in [0.4, 0.5) is 0 Å². The summed E-state index contributed by atoms with van der Waals surface area (Å²) < 4.78 is 7.07. The lowest BCUT2D eigenvalue weighted by molar-refractivity contribution is 0.177.